The third kappa shape index (κ3) is 2.84. The number of benzene rings is 1. The van der Waals surface area contributed by atoms with Crippen molar-refractivity contribution in [2.24, 2.45) is 0 Å². The quantitative estimate of drug-likeness (QED) is 0.835. The van der Waals surface area contributed by atoms with Gasteiger partial charge < -0.3 is 5.73 Å². The average Bonchev–Trinajstić information content (AvgIpc) is 2.30. The first-order valence-corrected chi connectivity index (χ1v) is 7.65. The van der Waals surface area contributed by atoms with Crippen LogP contribution in [0.3, 0.4) is 0 Å². The van der Waals surface area contributed by atoms with E-state index in [1.54, 1.807) is 12.1 Å². The molecule has 0 spiro atoms. The molecule has 18 heavy (non-hydrogen) atoms. The Morgan fingerprint density at radius 1 is 1.17 bits per heavy atom. The zero-order chi connectivity index (χ0) is 13.9. The molecule has 0 aromatic heterocycles. The lowest BCUT2D eigenvalue weighted by Gasteiger charge is -2.21. The van der Waals surface area contributed by atoms with Crippen LogP contribution in [-0.4, -0.2) is 25.8 Å². The van der Waals surface area contributed by atoms with Crippen molar-refractivity contribution in [3.63, 3.8) is 0 Å². The van der Waals surface area contributed by atoms with Crippen molar-refractivity contribution in [2.75, 3.05) is 18.8 Å². The van der Waals surface area contributed by atoms with Gasteiger partial charge in [-0.3, -0.25) is 0 Å². The number of nitrogen functional groups attached to an aromatic ring is 1. The fourth-order valence-electron chi connectivity index (χ4n) is 1.87. The smallest absolute Gasteiger partial charge is 0.245 e. The Balaban J connectivity index is 3.32. The van der Waals surface area contributed by atoms with Gasteiger partial charge in [0, 0.05) is 13.1 Å². The van der Waals surface area contributed by atoms with Crippen LogP contribution >= 0.6 is 0 Å². The number of anilines is 1. The van der Waals surface area contributed by atoms with Crippen LogP contribution in [0.2, 0.25) is 0 Å². The van der Waals surface area contributed by atoms with Gasteiger partial charge in [0.2, 0.25) is 10.0 Å². The minimum Gasteiger partial charge on any atom is -0.398 e. The SMILES string of the molecule is CCCN(CC)S(=O)(=O)c1cc(C)c(C)cc1N. The molecule has 0 atom stereocenters. The highest BCUT2D eigenvalue weighted by Gasteiger charge is 2.25. The molecular weight excluding hydrogens is 248 g/mol. The number of aryl methyl sites for hydroxylation is 2. The monoisotopic (exact) mass is 270 g/mol. The second kappa shape index (κ2) is 5.71. The molecule has 1 aromatic rings. The van der Waals surface area contributed by atoms with Gasteiger partial charge in [0.1, 0.15) is 4.90 Å². The third-order valence-corrected chi connectivity index (χ3v) is 5.10. The van der Waals surface area contributed by atoms with Crippen molar-refractivity contribution < 1.29 is 8.42 Å². The molecule has 1 rings (SSSR count). The first kappa shape index (κ1) is 15.0. The van der Waals surface area contributed by atoms with Gasteiger partial charge in [0.25, 0.3) is 0 Å². The van der Waals surface area contributed by atoms with E-state index in [-0.39, 0.29) is 4.90 Å². The first-order chi connectivity index (χ1) is 8.34. The molecule has 0 radical (unpaired) electrons. The third-order valence-electron chi connectivity index (χ3n) is 3.07. The normalized spacial score (nSPS) is 12.1. The van der Waals surface area contributed by atoms with Gasteiger partial charge in [-0.15, -0.1) is 0 Å². The van der Waals surface area contributed by atoms with Crippen molar-refractivity contribution in [1.82, 2.24) is 4.31 Å². The van der Waals surface area contributed by atoms with E-state index in [2.05, 4.69) is 0 Å². The minimum atomic E-state index is -3.47. The van der Waals surface area contributed by atoms with Crippen molar-refractivity contribution in [3.05, 3.63) is 23.3 Å². The summed E-state index contributed by atoms with van der Waals surface area (Å²) in [6, 6.07) is 3.39. The summed E-state index contributed by atoms with van der Waals surface area (Å²) < 4.78 is 26.4. The molecule has 102 valence electrons. The lowest BCUT2D eigenvalue weighted by atomic mass is 10.1. The Morgan fingerprint density at radius 2 is 1.72 bits per heavy atom. The maximum atomic E-state index is 12.5. The van der Waals surface area contributed by atoms with E-state index >= 15 is 0 Å². The summed E-state index contributed by atoms with van der Waals surface area (Å²) in [4.78, 5) is 0.223. The van der Waals surface area contributed by atoms with E-state index < -0.39 is 10.0 Å². The summed E-state index contributed by atoms with van der Waals surface area (Å²) in [6.07, 6.45) is 0.790. The maximum absolute atomic E-state index is 12.5. The largest absolute Gasteiger partial charge is 0.398 e. The first-order valence-electron chi connectivity index (χ1n) is 6.21. The molecule has 0 saturated heterocycles. The Bertz CT molecular complexity index is 524. The van der Waals surface area contributed by atoms with Gasteiger partial charge in [0.15, 0.2) is 0 Å². The maximum Gasteiger partial charge on any atom is 0.245 e. The van der Waals surface area contributed by atoms with E-state index in [0.29, 0.717) is 18.8 Å². The van der Waals surface area contributed by atoms with Crippen LogP contribution in [0.15, 0.2) is 17.0 Å². The van der Waals surface area contributed by atoms with E-state index in [1.807, 2.05) is 27.7 Å². The van der Waals surface area contributed by atoms with E-state index in [1.165, 1.54) is 4.31 Å². The Kier molecular flexibility index (Phi) is 4.76. The summed E-state index contributed by atoms with van der Waals surface area (Å²) in [5.41, 5.74) is 8.13. The number of hydrogen-bond donors (Lipinski definition) is 1. The number of hydrogen-bond acceptors (Lipinski definition) is 3. The molecular formula is C13H22N2O2S. The highest BCUT2D eigenvalue weighted by molar-refractivity contribution is 7.89. The predicted molar refractivity (Wildman–Crippen MR) is 75.1 cm³/mol. The van der Waals surface area contributed by atoms with E-state index in [9.17, 15) is 8.42 Å². The van der Waals surface area contributed by atoms with Gasteiger partial charge in [-0.25, -0.2) is 8.42 Å². The van der Waals surface area contributed by atoms with E-state index in [0.717, 1.165) is 17.5 Å². The molecule has 0 unspecified atom stereocenters. The van der Waals surface area contributed by atoms with Crippen molar-refractivity contribution >= 4 is 15.7 Å². The summed E-state index contributed by atoms with van der Waals surface area (Å²) in [7, 11) is -3.47. The van der Waals surface area contributed by atoms with Gasteiger partial charge in [-0.1, -0.05) is 13.8 Å². The van der Waals surface area contributed by atoms with Gasteiger partial charge >= 0.3 is 0 Å². The molecule has 0 aliphatic heterocycles. The van der Waals surface area contributed by atoms with Crippen LogP contribution < -0.4 is 5.73 Å². The molecule has 4 nitrogen and oxygen atoms in total. The molecule has 0 fully saturated rings. The van der Waals surface area contributed by atoms with Crippen molar-refractivity contribution in [1.29, 1.82) is 0 Å². The Labute approximate surface area is 110 Å². The van der Waals surface area contributed by atoms with Gasteiger partial charge in [-0.05, 0) is 43.5 Å². The van der Waals surface area contributed by atoms with Crippen LogP contribution in [0.5, 0.6) is 0 Å². The van der Waals surface area contributed by atoms with Gasteiger partial charge in [0.05, 0.1) is 5.69 Å². The molecule has 0 bridgehead atoms. The van der Waals surface area contributed by atoms with Gasteiger partial charge in [-0.2, -0.15) is 4.31 Å². The fourth-order valence-corrected chi connectivity index (χ4v) is 3.60. The van der Waals surface area contributed by atoms with Crippen molar-refractivity contribution in [3.8, 4) is 0 Å². The molecule has 0 heterocycles. The number of nitrogens with two attached hydrogens (primary N) is 1. The fraction of sp³-hybridized carbons (Fsp3) is 0.538. The lowest BCUT2D eigenvalue weighted by molar-refractivity contribution is 0.427. The number of sulfonamides is 1. The number of nitrogens with zero attached hydrogens (tertiary/aromatic N) is 1. The summed E-state index contributed by atoms with van der Waals surface area (Å²) >= 11 is 0. The zero-order valence-corrected chi connectivity index (χ0v) is 12.3. The van der Waals surface area contributed by atoms with E-state index in [4.69, 9.17) is 5.73 Å². The average molecular weight is 270 g/mol. The Hall–Kier alpha value is -1.07. The second-order valence-electron chi connectivity index (χ2n) is 4.47. The predicted octanol–water partition coefficient (Wildman–Crippen LogP) is 2.31. The minimum absolute atomic E-state index is 0.223. The molecule has 0 saturated carbocycles. The lowest BCUT2D eigenvalue weighted by Crippen LogP contribution is -2.32. The summed E-state index contributed by atoms with van der Waals surface area (Å²) in [6.45, 7) is 8.59. The molecule has 0 aliphatic carbocycles. The second-order valence-corrected chi connectivity index (χ2v) is 6.38. The molecule has 0 aliphatic rings. The molecule has 5 heteroatoms. The van der Waals surface area contributed by atoms with Crippen LogP contribution in [-0.2, 0) is 10.0 Å². The molecule has 0 amide bonds. The molecule has 2 N–H and O–H groups in total. The highest BCUT2D eigenvalue weighted by Crippen LogP contribution is 2.25. The zero-order valence-electron chi connectivity index (χ0n) is 11.5. The standard InChI is InChI=1S/C13H22N2O2S/c1-5-7-15(6-2)18(16,17)13-9-11(4)10(3)8-12(13)14/h8-9H,5-7,14H2,1-4H3. The van der Waals surface area contributed by atoms with Crippen LogP contribution in [0.1, 0.15) is 31.4 Å². The van der Waals surface area contributed by atoms with Crippen LogP contribution in [0.4, 0.5) is 5.69 Å². The molecule has 1 aromatic carbocycles. The number of rotatable bonds is 5. The van der Waals surface area contributed by atoms with Crippen LogP contribution in [0.25, 0.3) is 0 Å². The van der Waals surface area contributed by atoms with Crippen LogP contribution in [0, 0.1) is 13.8 Å². The Morgan fingerprint density at radius 3 is 2.22 bits per heavy atom. The summed E-state index contributed by atoms with van der Waals surface area (Å²) in [5.74, 6) is 0. The highest BCUT2D eigenvalue weighted by atomic mass is 32.2. The topological polar surface area (TPSA) is 63.4 Å². The summed E-state index contributed by atoms with van der Waals surface area (Å²) in [5, 5.41) is 0. The van der Waals surface area contributed by atoms with Crippen molar-refractivity contribution in [2.45, 2.75) is 39.0 Å².